The zero-order valence-corrected chi connectivity index (χ0v) is 11.8. The van der Waals surface area contributed by atoms with Gasteiger partial charge < -0.3 is 5.32 Å². The van der Waals surface area contributed by atoms with E-state index in [0.29, 0.717) is 0 Å². The molecule has 0 spiro atoms. The molecule has 2 aromatic heterocycles. The monoisotopic (exact) mass is 285 g/mol. The summed E-state index contributed by atoms with van der Waals surface area (Å²) >= 11 is 1.75. The van der Waals surface area contributed by atoms with Crippen molar-refractivity contribution in [3.05, 3.63) is 63.1 Å². The first-order chi connectivity index (χ1) is 9.72. The third kappa shape index (κ3) is 2.67. The molecule has 0 aliphatic carbocycles. The maximum Gasteiger partial charge on any atom is 0.264 e. The number of anilines is 1. The van der Waals surface area contributed by atoms with Gasteiger partial charge in [-0.05, 0) is 36.1 Å². The summed E-state index contributed by atoms with van der Waals surface area (Å²) in [5.41, 5.74) is 2.73. The molecule has 0 saturated heterocycles. The van der Waals surface area contributed by atoms with Crippen LogP contribution < -0.4 is 10.9 Å². The minimum absolute atomic E-state index is 0.117. The van der Waals surface area contributed by atoms with Gasteiger partial charge in [-0.2, -0.15) is 0 Å². The van der Waals surface area contributed by atoms with Crippen molar-refractivity contribution in [2.45, 2.75) is 13.0 Å². The van der Waals surface area contributed by atoms with Crippen LogP contribution in [0.1, 0.15) is 17.8 Å². The van der Waals surface area contributed by atoms with E-state index in [4.69, 9.17) is 0 Å². The van der Waals surface area contributed by atoms with Crippen LogP contribution >= 0.6 is 11.3 Å². The van der Waals surface area contributed by atoms with E-state index in [1.807, 2.05) is 24.3 Å². The highest BCUT2D eigenvalue weighted by molar-refractivity contribution is 7.10. The Kier molecular flexibility index (Phi) is 3.43. The van der Waals surface area contributed by atoms with Gasteiger partial charge in [-0.1, -0.05) is 18.2 Å². The quantitative estimate of drug-likeness (QED) is 0.686. The van der Waals surface area contributed by atoms with Crippen molar-refractivity contribution in [3.63, 3.8) is 0 Å². The predicted molar refractivity (Wildman–Crippen MR) is 83.2 cm³/mol. The molecule has 1 unspecified atom stereocenters. The third-order valence-electron chi connectivity index (χ3n) is 3.14. The van der Waals surface area contributed by atoms with Crippen LogP contribution in [0.15, 0.2) is 52.6 Å². The summed E-state index contributed by atoms with van der Waals surface area (Å²) in [5, 5.41) is 10.9. The Bertz CT molecular complexity index is 725. The van der Waals surface area contributed by atoms with E-state index in [0.717, 1.165) is 16.9 Å². The summed E-state index contributed by atoms with van der Waals surface area (Å²) in [4.78, 5) is 12.4. The zero-order chi connectivity index (χ0) is 13.9. The van der Waals surface area contributed by atoms with E-state index in [9.17, 15) is 4.79 Å². The minimum Gasteiger partial charge on any atom is -0.378 e. The highest BCUT2D eigenvalue weighted by atomic mass is 32.1. The Morgan fingerprint density at radius 3 is 2.55 bits per heavy atom. The fourth-order valence-electron chi connectivity index (χ4n) is 2.09. The highest BCUT2D eigenvalue weighted by Gasteiger charge is 2.06. The molecule has 4 nitrogen and oxygen atoms in total. The summed E-state index contributed by atoms with van der Waals surface area (Å²) in [5.74, 6) is 0. The maximum atomic E-state index is 11.1. The van der Waals surface area contributed by atoms with Gasteiger partial charge in [0.2, 0.25) is 0 Å². The van der Waals surface area contributed by atoms with Crippen LogP contribution in [0, 0.1) is 0 Å². The van der Waals surface area contributed by atoms with Gasteiger partial charge in [0.15, 0.2) is 0 Å². The molecule has 0 aliphatic heterocycles. The lowest BCUT2D eigenvalue weighted by Crippen LogP contribution is -2.04. The number of hydrogen-bond donors (Lipinski definition) is 3. The molecule has 3 N–H and O–H groups in total. The van der Waals surface area contributed by atoms with Crippen molar-refractivity contribution >= 4 is 17.0 Å². The molecule has 0 amide bonds. The summed E-state index contributed by atoms with van der Waals surface area (Å²) in [7, 11) is 0. The summed E-state index contributed by atoms with van der Waals surface area (Å²) in [6.07, 6.45) is 0. The average molecular weight is 285 g/mol. The van der Waals surface area contributed by atoms with Crippen molar-refractivity contribution in [2.24, 2.45) is 0 Å². The fourth-order valence-corrected chi connectivity index (χ4v) is 2.83. The van der Waals surface area contributed by atoms with Crippen molar-refractivity contribution in [2.75, 3.05) is 5.32 Å². The SMILES string of the molecule is CC(Nc1ccc(-c2cc(=O)[nH][nH]2)cc1)c1cccs1. The van der Waals surface area contributed by atoms with Gasteiger partial charge in [0.1, 0.15) is 0 Å². The van der Waals surface area contributed by atoms with Gasteiger partial charge >= 0.3 is 0 Å². The average Bonchev–Trinajstić information content (AvgIpc) is 3.10. The van der Waals surface area contributed by atoms with Gasteiger partial charge in [-0.3, -0.25) is 15.0 Å². The molecular weight excluding hydrogens is 270 g/mol. The number of aromatic amines is 2. The van der Waals surface area contributed by atoms with Crippen molar-refractivity contribution in [1.29, 1.82) is 0 Å². The van der Waals surface area contributed by atoms with Gasteiger partial charge in [-0.15, -0.1) is 11.3 Å². The van der Waals surface area contributed by atoms with Crippen molar-refractivity contribution < 1.29 is 0 Å². The summed E-state index contributed by atoms with van der Waals surface area (Å²) < 4.78 is 0. The second kappa shape index (κ2) is 5.38. The largest absolute Gasteiger partial charge is 0.378 e. The third-order valence-corrected chi connectivity index (χ3v) is 4.20. The first-order valence-electron chi connectivity index (χ1n) is 6.40. The highest BCUT2D eigenvalue weighted by Crippen LogP contribution is 2.24. The molecule has 0 radical (unpaired) electrons. The fraction of sp³-hybridized carbons (Fsp3) is 0.133. The molecule has 5 heteroatoms. The molecule has 1 aromatic carbocycles. The maximum absolute atomic E-state index is 11.1. The number of H-pyrrole nitrogens is 2. The molecule has 1 atom stereocenters. The first-order valence-corrected chi connectivity index (χ1v) is 7.28. The van der Waals surface area contributed by atoms with Crippen LogP contribution in [0.3, 0.4) is 0 Å². The normalized spacial score (nSPS) is 12.2. The molecule has 0 aliphatic rings. The number of benzene rings is 1. The molecule has 2 heterocycles. The van der Waals surface area contributed by atoms with Crippen LogP contribution in [-0.4, -0.2) is 10.2 Å². The van der Waals surface area contributed by atoms with Crippen molar-refractivity contribution in [3.8, 4) is 11.3 Å². The van der Waals surface area contributed by atoms with Crippen LogP contribution in [0.25, 0.3) is 11.3 Å². The van der Waals surface area contributed by atoms with Crippen LogP contribution in [0.5, 0.6) is 0 Å². The van der Waals surface area contributed by atoms with E-state index in [1.54, 1.807) is 17.4 Å². The van der Waals surface area contributed by atoms with Crippen molar-refractivity contribution in [1.82, 2.24) is 10.2 Å². The van der Waals surface area contributed by atoms with E-state index < -0.39 is 0 Å². The van der Waals surface area contributed by atoms with E-state index >= 15 is 0 Å². The lowest BCUT2D eigenvalue weighted by atomic mass is 10.1. The predicted octanol–water partition coefficient (Wildman–Crippen LogP) is 3.60. The van der Waals surface area contributed by atoms with Gasteiger partial charge in [0, 0.05) is 16.6 Å². The second-order valence-corrected chi connectivity index (χ2v) is 5.61. The lowest BCUT2D eigenvalue weighted by molar-refractivity contribution is 0.908. The minimum atomic E-state index is -0.117. The number of thiophene rings is 1. The Labute approximate surface area is 120 Å². The molecule has 20 heavy (non-hydrogen) atoms. The number of aromatic nitrogens is 2. The molecule has 102 valence electrons. The first kappa shape index (κ1) is 12.7. The van der Waals surface area contributed by atoms with Gasteiger partial charge in [-0.25, -0.2) is 0 Å². The van der Waals surface area contributed by atoms with E-state index in [-0.39, 0.29) is 11.6 Å². The number of rotatable bonds is 4. The second-order valence-electron chi connectivity index (χ2n) is 4.63. The van der Waals surface area contributed by atoms with Gasteiger partial charge in [0.25, 0.3) is 5.56 Å². The Morgan fingerprint density at radius 2 is 1.95 bits per heavy atom. The van der Waals surface area contributed by atoms with Gasteiger partial charge in [0.05, 0.1) is 11.7 Å². The molecule has 3 rings (SSSR count). The Balaban J connectivity index is 1.75. The standard InChI is InChI=1S/C15H15N3OS/c1-10(14-3-2-8-20-14)16-12-6-4-11(5-7-12)13-9-15(19)18-17-13/h2-10,16H,1H3,(H2,17,18,19). The number of nitrogens with one attached hydrogen (secondary N) is 3. The van der Waals surface area contributed by atoms with Crippen LogP contribution in [0.2, 0.25) is 0 Å². The Morgan fingerprint density at radius 1 is 1.15 bits per heavy atom. The number of hydrogen-bond acceptors (Lipinski definition) is 3. The smallest absolute Gasteiger partial charge is 0.264 e. The van der Waals surface area contributed by atoms with Crippen LogP contribution in [-0.2, 0) is 0 Å². The van der Waals surface area contributed by atoms with E-state index in [1.165, 1.54) is 4.88 Å². The topological polar surface area (TPSA) is 60.7 Å². The Hall–Kier alpha value is -2.27. The molecule has 0 saturated carbocycles. The van der Waals surface area contributed by atoms with E-state index in [2.05, 4.69) is 40.0 Å². The molecular formula is C15H15N3OS. The zero-order valence-electron chi connectivity index (χ0n) is 11.0. The molecule has 3 aromatic rings. The van der Waals surface area contributed by atoms with Crippen LogP contribution in [0.4, 0.5) is 5.69 Å². The summed E-state index contributed by atoms with van der Waals surface area (Å²) in [6.45, 7) is 2.14. The summed E-state index contributed by atoms with van der Waals surface area (Å²) in [6, 6.07) is 14.0. The molecule has 0 fully saturated rings. The lowest BCUT2D eigenvalue weighted by Gasteiger charge is -2.13. The molecule has 0 bridgehead atoms.